The van der Waals surface area contributed by atoms with E-state index in [-0.39, 0.29) is 12.1 Å². The second kappa shape index (κ2) is 11.7. The molecule has 3 nitrogen and oxygen atoms in total. The molecule has 0 aromatic heterocycles. The fourth-order valence-electron chi connectivity index (χ4n) is 2.45. The van der Waals surface area contributed by atoms with Gasteiger partial charge in [0, 0.05) is 7.11 Å². The molecule has 0 saturated carbocycles. The third kappa shape index (κ3) is 7.34. The Hall–Kier alpha value is -1.79. The van der Waals surface area contributed by atoms with E-state index < -0.39 is 6.10 Å². The lowest BCUT2D eigenvalue weighted by atomic mass is 10.1. The van der Waals surface area contributed by atoms with Crippen LogP contribution in [0.4, 0.5) is 0 Å². The molecule has 0 aliphatic heterocycles. The van der Waals surface area contributed by atoms with Crippen molar-refractivity contribution in [1.29, 1.82) is 0 Å². The molecule has 23 heavy (non-hydrogen) atoms. The number of carbonyl (C=O) groups excluding carboxylic acids is 1. The van der Waals surface area contributed by atoms with Crippen LogP contribution in [-0.4, -0.2) is 19.2 Å². The lowest BCUT2D eigenvalue weighted by Crippen LogP contribution is -2.23. The molecule has 0 N–H and O–H groups in total. The summed E-state index contributed by atoms with van der Waals surface area (Å²) in [6, 6.07) is 9.39. The maximum absolute atomic E-state index is 12.4. The van der Waals surface area contributed by atoms with Gasteiger partial charge in [-0.3, -0.25) is 0 Å². The van der Waals surface area contributed by atoms with Gasteiger partial charge in [-0.25, -0.2) is 4.79 Å². The van der Waals surface area contributed by atoms with Crippen molar-refractivity contribution in [2.45, 2.75) is 64.6 Å². The highest BCUT2D eigenvalue weighted by molar-refractivity contribution is 5.77. The molecule has 0 fully saturated rings. The first kappa shape index (κ1) is 19.3. The van der Waals surface area contributed by atoms with Gasteiger partial charge < -0.3 is 9.47 Å². The summed E-state index contributed by atoms with van der Waals surface area (Å²) in [6.45, 7) is 3.96. The Morgan fingerprint density at radius 3 is 2.43 bits per heavy atom. The Morgan fingerprint density at radius 2 is 1.83 bits per heavy atom. The summed E-state index contributed by atoms with van der Waals surface area (Å²) in [5.41, 5.74) is 0.797. The number of unbranched alkanes of at least 4 members (excludes halogenated alkanes) is 4. The van der Waals surface area contributed by atoms with Crippen LogP contribution < -0.4 is 0 Å². The van der Waals surface area contributed by atoms with Crippen LogP contribution in [-0.2, 0) is 14.3 Å². The number of ether oxygens (including phenoxy) is 2. The van der Waals surface area contributed by atoms with Crippen LogP contribution in [0.5, 0.6) is 0 Å². The predicted molar refractivity (Wildman–Crippen MR) is 92.9 cm³/mol. The van der Waals surface area contributed by atoms with Gasteiger partial charge in [-0.05, 0) is 25.3 Å². The highest BCUT2D eigenvalue weighted by Crippen LogP contribution is 2.20. The van der Waals surface area contributed by atoms with E-state index in [4.69, 9.17) is 9.47 Å². The van der Waals surface area contributed by atoms with Crippen LogP contribution in [0.25, 0.3) is 0 Å². The third-order valence-corrected chi connectivity index (χ3v) is 3.69. The number of rotatable bonds is 10. The quantitative estimate of drug-likeness (QED) is 0.357. The largest absolute Gasteiger partial charge is 0.447 e. The second-order valence-electron chi connectivity index (χ2n) is 5.55. The molecular formula is C20H28O3. The van der Waals surface area contributed by atoms with Gasteiger partial charge in [0.25, 0.3) is 0 Å². The molecule has 0 heterocycles. The lowest BCUT2D eigenvalue weighted by Gasteiger charge is -2.18. The van der Waals surface area contributed by atoms with Crippen molar-refractivity contribution in [3.05, 3.63) is 35.9 Å². The molecule has 0 saturated heterocycles. The van der Waals surface area contributed by atoms with Gasteiger partial charge >= 0.3 is 5.97 Å². The van der Waals surface area contributed by atoms with E-state index in [0.717, 1.165) is 24.8 Å². The van der Waals surface area contributed by atoms with Crippen LogP contribution in [0, 0.1) is 11.8 Å². The number of benzene rings is 1. The average molecular weight is 316 g/mol. The molecular weight excluding hydrogens is 288 g/mol. The maximum atomic E-state index is 12.4. The smallest absolute Gasteiger partial charge is 0.341 e. The minimum atomic E-state index is -0.697. The van der Waals surface area contributed by atoms with E-state index >= 15 is 0 Å². The molecule has 1 rings (SSSR count). The highest BCUT2D eigenvalue weighted by Gasteiger charge is 2.24. The van der Waals surface area contributed by atoms with E-state index in [0.29, 0.717) is 0 Å². The van der Waals surface area contributed by atoms with Crippen LogP contribution in [0.15, 0.2) is 30.3 Å². The Morgan fingerprint density at radius 1 is 1.13 bits per heavy atom. The average Bonchev–Trinajstić information content (AvgIpc) is 2.56. The number of carbonyl (C=O) groups is 1. The summed E-state index contributed by atoms with van der Waals surface area (Å²) in [5, 5.41) is 0. The first-order valence-electron chi connectivity index (χ1n) is 8.43. The minimum Gasteiger partial charge on any atom is -0.447 e. The van der Waals surface area contributed by atoms with Crippen molar-refractivity contribution in [1.82, 2.24) is 0 Å². The van der Waals surface area contributed by atoms with Gasteiger partial charge in [-0.2, -0.15) is 0 Å². The molecule has 126 valence electrons. The molecule has 1 aromatic carbocycles. The van der Waals surface area contributed by atoms with E-state index in [2.05, 4.69) is 18.8 Å². The summed E-state index contributed by atoms with van der Waals surface area (Å²) in [6.07, 6.45) is 5.61. The molecule has 0 aliphatic rings. The first-order chi connectivity index (χ1) is 11.2. The van der Waals surface area contributed by atoms with Crippen molar-refractivity contribution in [2.75, 3.05) is 7.11 Å². The molecule has 0 bridgehead atoms. The van der Waals surface area contributed by atoms with Gasteiger partial charge in [0.1, 0.15) is 0 Å². The molecule has 1 aromatic rings. The van der Waals surface area contributed by atoms with Gasteiger partial charge in [-0.1, -0.05) is 68.9 Å². The number of hydrogen-bond donors (Lipinski definition) is 0. The SMILES string of the molecule is CC#C[C@@H](CCCCCCC)OC(=O)[C@H](OC)c1ccccc1. The van der Waals surface area contributed by atoms with E-state index in [1.165, 1.54) is 26.4 Å². The molecule has 0 unspecified atom stereocenters. The summed E-state index contributed by atoms with van der Waals surface area (Å²) >= 11 is 0. The Labute approximate surface area is 140 Å². The van der Waals surface area contributed by atoms with Gasteiger partial charge in [0.15, 0.2) is 12.2 Å². The fraction of sp³-hybridized carbons (Fsp3) is 0.550. The molecule has 0 amide bonds. The number of methoxy groups -OCH3 is 1. The van der Waals surface area contributed by atoms with Crippen molar-refractivity contribution in [2.24, 2.45) is 0 Å². The fourth-order valence-corrected chi connectivity index (χ4v) is 2.45. The molecule has 3 heteroatoms. The minimum absolute atomic E-state index is 0.351. The second-order valence-corrected chi connectivity index (χ2v) is 5.55. The van der Waals surface area contributed by atoms with Crippen molar-refractivity contribution in [3.63, 3.8) is 0 Å². The van der Waals surface area contributed by atoms with Gasteiger partial charge in [0.2, 0.25) is 0 Å². The third-order valence-electron chi connectivity index (χ3n) is 3.69. The van der Waals surface area contributed by atoms with Crippen LogP contribution in [0.2, 0.25) is 0 Å². The Bertz CT molecular complexity index is 499. The molecule has 0 aliphatic carbocycles. The Balaban J connectivity index is 2.56. The van der Waals surface area contributed by atoms with E-state index in [1.807, 2.05) is 30.3 Å². The zero-order valence-corrected chi connectivity index (χ0v) is 14.5. The summed E-state index contributed by atoms with van der Waals surface area (Å²) in [7, 11) is 1.52. The standard InChI is InChI=1S/C20H28O3/c1-4-6-7-8-12-16-18(13-5-2)23-20(21)19(22-3)17-14-10-9-11-15-17/h9-11,14-15,18-19H,4,6-8,12,16H2,1-3H3/t18-,19+/m0/s1. The molecule has 0 spiro atoms. The van der Waals surface area contributed by atoms with Crippen LogP contribution in [0.3, 0.4) is 0 Å². The normalized spacial score (nSPS) is 12.8. The van der Waals surface area contributed by atoms with E-state index in [9.17, 15) is 4.79 Å². The van der Waals surface area contributed by atoms with Crippen LogP contribution in [0.1, 0.15) is 64.0 Å². The highest BCUT2D eigenvalue weighted by atomic mass is 16.6. The topological polar surface area (TPSA) is 35.5 Å². The van der Waals surface area contributed by atoms with Gasteiger partial charge in [0.05, 0.1) is 0 Å². The predicted octanol–water partition coefficient (Wildman–Crippen LogP) is 4.67. The van der Waals surface area contributed by atoms with Crippen molar-refractivity contribution < 1.29 is 14.3 Å². The van der Waals surface area contributed by atoms with Crippen molar-refractivity contribution in [3.8, 4) is 11.8 Å². The van der Waals surface area contributed by atoms with E-state index in [1.54, 1.807) is 6.92 Å². The number of esters is 1. The summed E-state index contributed by atoms with van der Waals surface area (Å²) < 4.78 is 10.9. The van der Waals surface area contributed by atoms with Gasteiger partial charge in [-0.15, -0.1) is 5.92 Å². The van der Waals surface area contributed by atoms with Crippen molar-refractivity contribution >= 4 is 5.97 Å². The number of hydrogen-bond acceptors (Lipinski definition) is 3. The molecule has 2 atom stereocenters. The molecule has 0 radical (unpaired) electrons. The summed E-state index contributed by atoms with van der Waals surface area (Å²) in [4.78, 5) is 12.4. The first-order valence-corrected chi connectivity index (χ1v) is 8.43. The summed E-state index contributed by atoms with van der Waals surface area (Å²) in [5.74, 6) is 5.47. The van der Waals surface area contributed by atoms with Crippen LogP contribution >= 0.6 is 0 Å². The zero-order valence-electron chi connectivity index (χ0n) is 14.5. The lowest BCUT2D eigenvalue weighted by molar-refractivity contribution is -0.159. The maximum Gasteiger partial charge on any atom is 0.341 e. The monoisotopic (exact) mass is 316 g/mol. The zero-order chi connectivity index (χ0) is 16.9. The Kier molecular flexibility index (Phi) is 9.83.